The van der Waals surface area contributed by atoms with Crippen molar-refractivity contribution >= 4 is 16.9 Å². The average molecular weight is 379 g/mol. The van der Waals surface area contributed by atoms with Crippen molar-refractivity contribution in [3.63, 3.8) is 0 Å². The highest BCUT2D eigenvalue weighted by atomic mass is 16.4. The van der Waals surface area contributed by atoms with Gasteiger partial charge in [-0.25, -0.2) is 4.98 Å². The Bertz CT molecular complexity index is 1230. The Morgan fingerprint density at radius 2 is 1.62 bits per heavy atom. The van der Waals surface area contributed by atoms with Crippen molar-refractivity contribution in [3.8, 4) is 22.4 Å². The minimum atomic E-state index is -0.846. The molecule has 1 N–H and O–H groups in total. The molecule has 29 heavy (non-hydrogen) atoms. The number of carbonyl (C=O) groups is 1. The Labute approximate surface area is 169 Å². The van der Waals surface area contributed by atoms with Crippen LogP contribution in [0, 0.1) is 0 Å². The van der Waals surface area contributed by atoms with E-state index in [2.05, 4.69) is 18.2 Å². The van der Waals surface area contributed by atoms with Crippen molar-refractivity contribution in [2.75, 3.05) is 0 Å². The number of aromatic nitrogens is 1. The predicted molar refractivity (Wildman–Crippen MR) is 116 cm³/mol. The Morgan fingerprint density at radius 3 is 2.45 bits per heavy atom. The zero-order chi connectivity index (χ0) is 19.8. The molecule has 0 spiro atoms. The first kappa shape index (κ1) is 17.6. The van der Waals surface area contributed by atoms with E-state index in [-0.39, 0.29) is 6.42 Å². The first-order valence-corrected chi connectivity index (χ1v) is 10.0. The SMILES string of the molecule is O=C(O)Cc1c(-c2ccc3c(c2)CCC3)nc2ccccc2c1-c1ccccc1. The highest BCUT2D eigenvalue weighted by Gasteiger charge is 2.21. The predicted octanol–water partition coefficient (Wildman–Crippen LogP) is 5.68. The van der Waals surface area contributed by atoms with E-state index < -0.39 is 5.97 Å². The molecule has 1 aliphatic rings. The maximum atomic E-state index is 11.8. The number of hydrogen-bond donors (Lipinski definition) is 1. The molecule has 0 fully saturated rings. The van der Waals surface area contributed by atoms with Gasteiger partial charge < -0.3 is 5.11 Å². The third-order valence-electron chi connectivity index (χ3n) is 5.76. The number of carboxylic acids is 1. The van der Waals surface area contributed by atoms with Gasteiger partial charge in [-0.2, -0.15) is 0 Å². The molecular formula is C26H21NO2. The number of aryl methyl sites for hydroxylation is 2. The van der Waals surface area contributed by atoms with Crippen LogP contribution in [0.15, 0.2) is 72.8 Å². The Kier molecular flexibility index (Phi) is 4.36. The number of para-hydroxylation sites is 1. The first-order chi connectivity index (χ1) is 14.2. The first-order valence-electron chi connectivity index (χ1n) is 10.0. The largest absolute Gasteiger partial charge is 0.481 e. The van der Waals surface area contributed by atoms with Crippen LogP contribution >= 0.6 is 0 Å². The molecular weight excluding hydrogens is 358 g/mol. The van der Waals surface area contributed by atoms with Crippen molar-refractivity contribution in [3.05, 3.63) is 89.5 Å². The van der Waals surface area contributed by atoms with Crippen molar-refractivity contribution < 1.29 is 9.90 Å². The zero-order valence-electron chi connectivity index (χ0n) is 16.1. The number of nitrogens with zero attached hydrogens (tertiary/aromatic N) is 1. The zero-order valence-corrected chi connectivity index (χ0v) is 16.1. The van der Waals surface area contributed by atoms with Crippen LogP contribution in [0.2, 0.25) is 0 Å². The van der Waals surface area contributed by atoms with E-state index in [9.17, 15) is 9.90 Å². The van der Waals surface area contributed by atoms with Gasteiger partial charge in [0, 0.05) is 10.9 Å². The van der Waals surface area contributed by atoms with Gasteiger partial charge in [-0.3, -0.25) is 4.79 Å². The highest BCUT2D eigenvalue weighted by Crippen LogP contribution is 2.38. The van der Waals surface area contributed by atoms with Crippen molar-refractivity contribution in [2.24, 2.45) is 0 Å². The lowest BCUT2D eigenvalue weighted by Crippen LogP contribution is -2.06. The smallest absolute Gasteiger partial charge is 0.307 e. The topological polar surface area (TPSA) is 50.2 Å². The lowest BCUT2D eigenvalue weighted by Gasteiger charge is -2.17. The minimum Gasteiger partial charge on any atom is -0.481 e. The highest BCUT2D eigenvalue weighted by molar-refractivity contribution is 6.00. The van der Waals surface area contributed by atoms with Crippen LogP contribution in [0.3, 0.4) is 0 Å². The van der Waals surface area contributed by atoms with Crippen molar-refractivity contribution in [1.82, 2.24) is 4.98 Å². The number of aliphatic carboxylic acids is 1. The van der Waals surface area contributed by atoms with Gasteiger partial charge in [-0.1, -0.05) is 60.7 Å². The summed E-state index contributed by atoms with van der Waals surface area (Å²) in [5, 5.41) is 10.7. The normalized spacial score (nSPS) is 12.8. The lowest BCUT2D eigenvalue weighted by atomic mass is 9.90. The number of benzene rings is 3. The van der Waals surface area contributed by atoms with Crippen LogP contribution in [0.4, 0.5) is 0 Å². The molecule has 0 amide bonds. The van der Waals surface area contributed by atoms with Crippen LogP contribution in [0.25, 0.3) is 33.3 Å². The van der Waals surface area contributed by atoms with Gasteiger partial charge in [0.2, 0.25) is 0 Å². The summed E-state index contributed by atoms with van der Waals surface area (Å²) in [4.78, 5) is 16.8. The van der Waals surface area contributed by atoms with E-state index in [1.807, 2.05) is 54.6 Å². The number of carboxylic acid groups (broad SMARTS) is 1. The summed E-state index contributed by atoms with van der Waals surface area (Å²) in [6, 6.07) is 24.5. The van der Waals surface area contributed by atoms with Crippen LogP contribution in [0.5, 0.6) is 0 Å². The molecule has 142 valence electrons. The molecule has 0 unspecified atom stereocenters. The summed E-state index contributed by atoms with van der Waals surface area (Å²) < 4.78 is 0. The van der Waals surface area contributed by atoms with E-state index in [0.29, 0.717) is 0 Å². The molecule has 0 aliphatic heterocycles. The Balaban J connectivity index is 1.85. The fourth-order valence-corrected chi connectivity index (χ4v) is 4.47. The monoisotopic (exact) mass is 379 g/mol. The molecule has 3 heteroatoms. The van der Waals surface area contributed by atoms with E-state index in [1.165, 1.54) is 17.5 Å². The van der Waals surface area contributed by atoms with Crippen LogP contribution in [-0.2, 0) is 24.1 Å². The second-order valence-corrected chi connectivity index (χ2v) is 7.60. The number of pyridine rings is 1. The molecule has 1 aliphatic carbocycles. The molecule has 0 saturated heterocycles. The molecule has 1 aromatic heterocycles. The molecule has 0 radical (unpaired) electrons. The molecule has 0 atom stereocenters. The molecule has 0 bridgehead atoms. The summed E-state index contributed by atoms with van der Waals surface area (Å²) in [5.74, 6) is -0.846. The third-order valence-corrected chi connectivity index (χ3v) is 5.76. The fourth-order valence-electron chi connectivity index (χ4n) is 4.47. The lowest BCUT2D eigenvalue weighted by molar-refractivity contribution is -0.136. The number of fused-ring (bicyclic) bond motifs is 2. The van der Waals surface area contributed by atoms with E-state index in [1.54, 1.807) is 0 Å². The summed E-state index contributed by atoms with van der Waals surface area (Å²) in [7, 11) is 0. The van der Waals surface area contributed by atoms with Gasteiger partial charge in [-0.15, -0.1) is 0 Å². The summed E-state index contributed by atoms with van der Waals surface area (Å²) in [5.41, 5.74) is 8.19. The maximum Gasteiger partial charge on any atom is 0.307 e. The fraction of sp³-hybridized carbons (Fsp3) is 0.154. The molecule has 3 aromatic carbocycles. The van der Waals surface area contributed by atoms with Crippen LogP contribution in [-0.4, -0.2) is 16.1 Å². The Morgan fingerprint density at radius 1 is 0.862 bits per heavy atom. The van der Waals surface area contributed by atoms with Crippen molar-refractivity contribution in [2.45, 2.75) is 25.7 Å². The second-order valence-electron chi connectivity index (χ2n) is 7.60. The summed E-state index contributed by atoms with van der Waals surface area (Å²) in [6.45, 7) is 0. The van der Waals surface area contributed by atoms with Gasteiger partial charge in [-0.05, 0) is 59.2 Å². The molecule has 5 rings (SSSR count). The van der Waals surface area contributed by atoms with Gasteiger partial charge >= 0.3 is 5.97 Å². The maximum absolute atomic E-state index is 11.8. The minimum absolute atomic E-state index is 0.0610. The van der Waals surface area contributed by atoms with E-state index in [0.717, 1.165) is 51.7 Å². The van der Waals surface area contributed by atoms with Gasteiger partial charge in [0.15, 0.2) is 0 Å². The second kappa shape index (κ2) is 7.17. The number of hydrogen-bond acceptors (Lipinski definition) is 2. The van der Waals surface area contributed by atoms with Gasteiger partial charge in [0.25, 0.3) is 0 Å². The van der Waals surface area contributed by atoms with Gasteiger partial charge in [0.05, 0.1) is 17.6 Å². The van der Waals surface area contributed by atoms with E-state index in [4.69, 9.17) is 4.98 Å². The Hall–Kier alpha value is -3.46. The third kappa shape index (κ3) is 3.19. The van der Waals surface area contributed by atoms with Crippen LogP contribution < -0.4 is 0 Å². The van der Waals surface area contributed by atoms with Crippen molar-refractivity contribution in [1.29, 1.82) is 0 Å². The van der Waals surface area contributed by atoms with Crippen LogP contribution in [0.1, 0.15) is 23.1 Å². The van der Waals surface area contributed by atoms with E-state index >= 15 is 0 Å². The summed E-state index contributed by atoms with van der Waals surface area (Å²) in [6.07, 6.45) is 3.32. The standard InChI is InChI=1S/C26H21NO2/c28-24(29)16-22-25(18-7-2-1-3-8-18)21-11-4-5-12-23(21)27-26(22)20-14-13-17-9-6-10-19(17)15-20/h1-5,7-8,11-15H,6,9-10,16H2,(H,28,29). The summed E-state index contributed by atoms with van der Waals surface area (Å²) >= 11 is 0. The quantitative estimate of drug-likeness (QED) is 0.496. The average Bonchev–Trinajstić information content (AvgIpc) is 3.21. The van der Waals surface area contributed by atoms with Gasteiger partial charge in [0.1, 0.15) is 0 Å². The molecule has 3 nitrogen and oxygen atoms in total. The molecule has 0 saturated carbocycles. The number of rotatable bonds is 4. The molecule has 4 aromatic rings. The molecule has 1 heterocycles.